The van der Waals surface area contributed by atoms with Gasteiger partial charge in [-0.2, -0.15) is 13.2 Å². The maximum absolute atomic E-state index is 14.3. The Kier molecular flexibility index (Phi) is 10.2. The lowest BCUT2D eigenvalue weighted by atomic mass is 9.97. The smallest absolute Gasteiger partial charge is 0.434 e. The molecule has 0 spiro atoms. The van der Waals surface area contributed by atoms with Gasteiger partial charge in [0.05, 0.1) is 4.75 Å². The van der Waals surface area contributed by atoms with Gasteiger partial charge in [-0.15, -0.1) is 29.1 Å². The molecule has 7 rings (SSSR count). The molecule has 0 bridgehead atoms. The van der Waals surface area contributed by atoms with E-state index in [1.165, 1.54) is 22.3 Å². The number of thiazole rings is 2. The van der Waals surface area contributed by atoms with Crippen molar-refractivity contribution < 1.29 is 40.7 Å². The molecule has 5 heterocycles. The van der Waals surface area contributed by atoms with E-state index in [9.17, 15) is 36.0 Å². The minimum atomic E-state index is -4.66. The van der Waals surface area contributed by atoms with E-state index in [2.05, 4.69) is 30.9 Å². The summed E-state index contributed by atoms with van der Waals surface area (Å²) in [7, 11) is -2.35. The van der Waals surface area contributed by atoms with Crippen LogP contribution in [0.15, 0.2) is 35.0 Å². The number of aromatic nitrogens is 3. The second kappa shape index (κ2) is 14.5. The number of halogens is 3. The van der Waals surface area contributed by atoms with Crippen LogP contribution < -0.4 is 14.8 Å². The molecule has 4 atom stereocenters. The molecule has 2 saturated carbocycles. The van der Waals surface area contributed by atoms with Crippen LogP contribution in [0.25, 0.3) is 21.4 Å². The van der Waals surface area contributed by atoms with Crippen LogP contribution in [0.1, 0.15) is 69.7 Å². The molecule has 19 heteroatoms. The summed E-state index contributed by atoms with van der Waals surface area (Å²) in [6, 6.07) is 1.53. The number of hydrogen-bond acceptors (Lipinski definition) is 11. The van der Waals surface area contributed by atoms with E-state index >= 15 is 0 Å². The third kappa shape index (κ3) is 7.94. The van der Waals surface area contributed by atoms with Crippen LogP contribution in [0.4, 0.5) is 18.0 Å². The van der Waals surface area contributed by atoms with Crippen LogP contribution >= 0.6 is 22.7 Å². The van der Waals surface area contributed by atoms with E-state index in [1.54, 1.807) is 30.3 Å². The molecule has 2 aliphatic heterocycles. The van der Waals surface area contributed by atoms with Gasteiger partial charge < -0.3 is 19.9 Å². The fourth-order valence-corrected chi connectivity index (χ4v) is 9.55. The van der Waals surface area contributed by atoms with E-state index in [-0.39, 0.29) is 54.0 Å². The summed E-state index contributed by atoms with van der Waals surface area (Å²) in [5.41, 5.74) is -1.86. The number of amides is 4. The van der Waals surface area contributed by atoms with Crippen molar-refractivity contribution in [2.75, 3.05) is 20.1 Å². The lowest BCUT2D eigenvalue weighted by Gasteiger charge is -2.40. The van der Waals surface area contributed by atoms with E-state index in [0.29, 0.717) is 42.9 Å². The molecule has 3 fully saturated rings. The normalized spacial score (nSPS) is 26.1. The SMILES string of the molecule is C#Cc1csc(-c2cc(O[C@H]3CCN4C(=O)N(C)CCCC/C=C/[C@H]5C[C@]5(C(=O)NS(=O)(=O)C5(C)CC5)NC(=O)[C@@H]4C3)cc(-c3nc(C(F)(F)F)cs3)n2)n1. The van der Waals surface area contributed by atoms with Gasteiger partial charge in [-0.3, -0.25) is 14.3 Å². The maximum Gasteiger partial charge on any atom is 0.434 e. The highest BCUT2D eigenvalue weighted by molar-refractivity contribution is 7.91. The van der Waals surface area contributed by atoms with Crippen molar-refractivity contribution in [2.24, 2.45) is 5.92 Å². The molecular formula is C36H38F3N7O6S3. The molecule has 13 nitrogen and oxygen atoms in total. The largest absolute Gasteiger partial charge is 0.490 e. The highest BCUT2D eigenvalue weighted by Crippen LogP contribution is 2.47. The Hall–Kier alpha value is -4.54. The van der Waals surface area contributed by atoms with Gasteiger partial charge in [-0.25, -0.2) is 28.2 Å². The predicted octanol–water partition coefficient (Wildman–Crippen LogP) is 5.21. The molecule has 292 valence electrons. The number of pyridine rings is 1. The zero-order valence-corrected chi connectivity index (χ0v) is 32.3. The number of terminal acetylenes is 1. The van der Waals surface area contributed by atoms with Crippen molar-refractivity contribution in [1.82, 2.24) is 34.8 Å². The van der Waals surface area contributed by atoms with Gasteiger partial charge in [-0.05, 0) is 51.4 Å². The average Bonchev–Trinajstić information content (AvgIpc) is 3.87. The lowest BCUT2D eigenvalue weighted by molar-refractivity contribution is -0.140. The molecule has 2 N–H and O–H groups in total. The number of nitrogens with one attached hydrogen (secondary N) is 2. The molecule has 0 radical (unpaired) electrons. The Morgan fingerprint density at radius 1 is 1.09 bits per heavy atom. The van der Waals surface area contributed by atoms with Crippen LogP contribution in [0.3, 0.4) is 0 Å². The molecule has 55 heavy (non-hydrogen) atoms. The van der Waals surface area contributed by atoms with Gasteiger partial charge in [0.25, 0.3) is 5.91 Å². The summed E-state index contributed by atoms with van der Waals surface area (Å²) in [5, 5.41) is 5.78. The van der Waals surface area contributed by atoms with Crippen LogP contribution in [-0.2, 0) is 25.8 Å². The Morgan fingerprint density at radius 3 is 2.45 bits per heavy atom. The summed E-state index contributed by atoms with van der Waals surface area (Å²) >= 11 is 1.96. The average molecular weight is 818 g/mol. The van der Waals surface area contributed by atoms with Gasteiger partial charge >= 0.3 is 12.2 Å². The second-order valence-corrected chi connectivity index (χ2v) is 18.5. The number of fused-ring (bicyclic) bond motifs is 2. The first-order chi connectivity index (χ1) is 26.0. The number of hydrogen-bond donors (Lipinski definition) is 2. The number of sulfonamides is 1. The summed E-state index contributed by atoms with van der Waals surface area (Å²) in [6.45, 7) is 2.12. The fraction of sp³-hybridized carbons (Fsp3) is 0.500. The van der Waals surface area contributed by atoms with Crippen molar-refractivity contribution in [1.29, 1.82) is 0 Å². The first-order valence-corrected chi connectivity index (χ1v) is 21.0. The molecule has 3 aromatic heterocycles. The van der Waals surface area contributed by atoms with Crippen LogP contribution in [0, 0.1) is 18.3 Å². The van der Waals surface area contributed by atoms with Crippen LogP contribution in [-0.4, -0.2) is 93.6 Å². The van der Waals surface area contributed by atoms with Crippen molar-refractivity contribution in [3.05, 3.63) is 46.4 Å². The zero-order valence-electron chi connectivity index (χ0n) is 29.9. The molecule has 2 aliphatic carbocycles. The Labute approximate surface area is 323 Å². The lowest BCUT2D eigenvalue weighted by Crippen LogP contribution is -2.61. The standard InChI is InChI=1S/C36H38F3N7O6S3/c1-4-22-19-53-30(40-22)25-15-24(16-26(41-25)31-42-28(20-54-31)36(37,38)39)52-23-10-14-46-27(17-23)29(47)43-35(32(48)44-55(50,51)34(2)11-12-34)18-21(35)9-7-5-6-8-13-45(3)33(46)49/h1,7,9,15-16,19-21,23,27H,5-6,8,10-14,17-18H2,2-3H3,(H,43,47)(H,44,48)/b9-7+/t21-,23-,27-,35-/m0/s1. The summed E-state index contributed by atoms with van der Waals surface area (Å²) in [5.74, 6) is 0.735. The third-order valence-corrected chi connectivity index (χ3v) is 14.4. The highest BCUT2D eigenvalue weighted by Gasteiger charge is 2.63. The molecule has 4 aliphatic rings. The number of alkyl halides is 3. The van der Waals surface area contributed by atoms with Crippen LogP contribution in [0.5, 0.6) is 5.75 Å². The van der Waals surface area contributed by atoms with E-state index in [0.717, 1.165) is 23.1 Å². The van der Waals surface area contributed by atoms with Gasteiger partial charge in [-0.1, -0.05) is 12.2 Å². The Morgan fingerprint density at radius 2 is 1.80 bits per heavy atom. The minimum absolute atomic E-state index is 0.00377. The summed E-state index contributed by atoms with van der Waals surface area (Å²) in [4.78, 5) is 57.5. The van der Waals surface area contributed by atoms with Gasteiger partial charge in [0.15, 0.2) is 5.69 Å². The number of carbonyl (C=O) groups is 3. The van der Waals surface area contributed by atoms with Gasteiger partial charge in [0, 0.05) is 61.8 Å². The maximum atomic E-state index is 14.3. The Bertz CT molecular complexity index is 2200. The summed E-state index contributed by atoms with van der Waals surface area (Å²) < 4.78 is 74.2. The van der Waals surface area contributed by atoms with Crippen molar-refractivity contribution in [2.45, 2.75) is 86.9 Å². The van der Waals surface area contributed by atoms with Crippen molar-refractivity contribution in [3.63, 3.8) is 0 Å². The monoisotopic (exact) mass is 817 g/mol. The number of allylic oxidation sites excluding steroid dienone is 1. The number of urea groups is 1. The molecule has 0 aromatic carbocycles. The number of ether oxygens (including phenoxy) is 1. The number of rotatable bonds is 7. The third-order valence-electron chi connectivity index (χ3n) is 10.5. The van der Waals surface area contributed by atoms with Gasteiger partial charge in [0.2, 0.25) is 15.9 Å². The first-order valence-electron chi connectivity index (χ1n) is 17.7. The first kappa shape index (κ1) is 38.7. The van der Waals surface area contributed by atoms with E-state index < -0.39 is 62.1 Å². The summed E-state index contributed by atoms with van der Waals surface area (Å²) in [6.07, 6.45) is 7.39. The molecular weight excluding hydrogens is 780 g/mol. The second-order valence-electron chi connectivity index (χ2n) is 14.5. The molecule has 1 saturated heterocycles. The number of nitrogens with zero attached hydrogens (tertiary/aromatic N) is 5. The predicted molar refractivity (Wildman–Crippen MR) is 198 cm³/mol. The quantitative estimate of drug-likeness (QED) is 0.241. The number of piperidine rings is 1. The Balaban J connectivity index is 1.18. The molecule has 0 unspecified atom stereocenters. The fourth-order valence-electron chi connectivity index (χ4n) is 6.73. The van der Waals surface area contributed by atoms with Gasteiger partial charge in [0.1, 0.15) is 50.5 Å². The van der Waals surface area contributed by atoms with Crippen molar-refractivity contribution in [3.8, 4) is 39.5 Å². The molecule has 3 aromatic rings. The van der Waals surface area contributed by atoms with Crippen molar-refractivity contribution >= 4 is 50.5 Å². The minimum Gasteiger partial charge on any atom is -0.490 e. The van der Waals surface area contributed by atoms with E-state index in [4.69, 9.17) is 11.2 Å². The van der Waals surface area contributed by atoms with Crippen LogP contribution in [0.2, 0.25) is 0 Å². The highest BCUT2D eigenvalue weighted by atomic mass is 32.2. The number of carbonyl (C=O) groups excluding carboxylic acids is 3. The topological polar surface area (TPSA) is 164 Å². The molecule has 4 amide bonds. The van der Waals surface area contributed by atoms with E-state index in [1.807, 2.05) is 12.2 Å². The zero-order chi connectivity index (χ0) is 39.3.